The van der Waals surface area contributed by atoms with Crippen molar-refractivity contribution in [3.8, 4) is 0 Å². The molecule has 14 heavy (non-hydrogen) atoms. The zero-order valence-corrected chi connectivity index (χ0v) is 9.04. The van der Waals surface area contributed by atoms with Crippen LogP contribution in [0.25, 0.3) is 0 Å². The van der Waals surface area contributed by atoms with Gasteiger partial charge in [-0.1, -0.05) is 0 Å². The molecule has 1 aromatic heterocycles. The Kier molecular flexibility index (Phi) is 3.26. The lowest BCUT2D eigenvalue weighted by Gasteiger charge is -2.08. The van der Waals surface area contributed by atoms with E-state index < -0.39 is 6.03 Å². The van der Waals surface area contributed by atoms with E-state index in [1.807, 2.05) is 12.3 Å². The normalized spacial score (nSPS) is 11.8. The highest BCUT2D eigenvalue weighted by Crippen LogP contribution is 1.95. The van der Waals surface area contributed by atoms with Crippen molar-refractivity contribution in [2.45, 2.75) is 6.92 Å². The van der Waals surface area contributed by atoms with Crippen LogP contribution in [-0.4, -0.2) is 29.9 Å². The van der Waals surface area contributed by atoms with Crippen LogP contribution in [0.4, 0.5) is 4.79 Å². The van der Waals surface area contributed by atoms with Gasteiger partial charge in [0.15, 0.2) is 0 Å². The summed E-state index contributed by atoms with van der Waals surface area (Å²) in [5, 5.41) is 2.84. The van der Waals surface area contributed by atoms with Crippen LogP contribution in [0.1, 0.15) is 5.69 Å². The molecule has 0 unspecified atom stereocenters. The molecule has 2 amide bonds. The molecule has 78 valence electrons. The predicted octanol–water partition coefficient (Wildman–Crippen LogP) is 0.0857. The third-order valence-electron chi connectivity index (χ3n) is 1.66. The fourth-order valence-corrected chi connectivity index (χ4v) is 1.49. The molecule has 0 aliphatic carbocycles. The molecule has 2 N–H and O–H groups in total. The van der Waals surface area contributed by atoms with Gasteiger partial charge in [-0.2, -0.15) is 4.99 Å². The van der Waals surface area contributed by atoms with Crippen molar-refractivity contribution < 1.29 is 9.63 Å². The standard InChI is InChI=1S/C7H12N4O2S/c1-5-4-14-7(11(5)8)9-6(12)10(2)13-3/h4H,8H2,1-3H3. The molecule has 0 fully saturated rings. The summed E-state index contributed by atoms with van der Waals surface area (Å²) in [6.07, 6.45) is 0. The van der Waals surface area contributed by atoms with Gasteiger partial charge in [0.05, 0.1) is 7.11 Å². The molecule has 0 spiro atoms. The third-order valence-corrected chi connectivity index (χ3v) is 2.61. The SMILES string of the molecule is CON(C)C(=O)N=c1scc(C)n1N. The van der Waals surface area contributed by atoms with E-state index in [2.05, 4.69) is 9.83 Å². The second kappa shape index (κ2) is 4.25. The van der Waals surface area contributed by atoms with Gasteiger partial charge in [0.25, 0.3) is 0 Å². The highest BCUT2D eigenvalue weighted by molar-refractivity contribution is 7.07. The van der Waals surface area contributed by atoms with Gasteiger partial charge in [0, 0.05) is 18.1 Å². The van der Waals surface area contributed by atoms with Crippen molar-refractivity contribution in [3.63, 3.8) is 0 Å². The molecule has 1 heterocycles. The fraction of sp³-hybridized carbons (Fsp3) is 0.429. The number of carbonyl (C=O) groups excluding carboxylic acids is 1. The zero-order chi connectivity index (χ0) is 10.7. The summed E-state index contributed by atoms with van der Waals surface area (Å²) < 4.78 is 1.35. The number of aromatic nitrogens is 1. The Morgan fingerprint density at radius 3 is 2.86 bits per heavy atom. The number of hydroxylamine groups is 2. The molecule has 0 saturated heterocycles. The van der Waals surface area contributed by atoms with Crippen LogP contribution in [-0.2, 0) is 4.84 Å². The minimum absolute atomic E-state index is 0.441. The lowest BCUT2D eigenvalue weighted by Crippen LogP contribution is -2.29. The van der Waals surface area contributed by atoms with Gasteiger partial charge in [-0.15, -0.1) is 11.3 Å². The number of nitrogens with two attached hydrogens (primary N) is 1. The minimum Gasteiger partial charge on any atom is -0.337 e. The van der Waals surface area contributed by atoms with E-state index in [0.717, 1.165) is 10.8 Å². The second-order valence-electron chi connectivity index (χ2n) is 2.60. The Labute approximate surface area is 85.2 Å². The summed E-state index contributed by atoms with van der Waals surface area (Å²) in [6, 6.07) is -0.492. The van der Waals surface area contributed by atoms with Crippen LogP contribution in [0.5, 0.6) is 0 Å². The molecular formula is C7H12N4O2S. The summed E-state index contributed by atoms with van der Waals surface area (Å²) in [6.45, 7) is 1.83. The van der Waals surface area contributed by atoms with Crippen molar-refractivity contribution >= 4 is 17.4 Å². The maximum Gasteiger partial charge on any atom is 0.369 e. The Morgan fingerprint density at radius 2 is 2.43 bits per heavy atom. The number of rotatable bonds is 1. The van der Waals surface area contributed by atoms with Gasteiger partial charge >= 0.3 is 6.03 Å². The summed E-state index contributed by atoms with van der Waals surface area (Å²) >= 11 is 1.30. The lowest BCUT2D eigenvalue weighted by molar-refractivity contribution is -0.0616. The van der Waals surface area contributed by atoms with E-state index in [-0.39, 0.29) is 0 Å². The third kappa shape index (κ3) is 2.12. The van der Waals surface area contributed by atoms with E-state index in [1.54, 1.807) is 0 Å². The van der Waals surface area contributed by atoms with Crippen LogP contribution >= 0.6 is 11.3 Å². The molecule has 7 heteroatoms. The van der Waals surface area contributed by atoms with Crippen molar-refractivity contribution in [1.29, 1.82) is 0 Å². The molecule has 6 nitrogen and oxygen atoms in total. The number of amides is 2. The first kappa shape index (κ1) is 10.7. The lowest BCUT2D eigenvalue weighted by atomic mass is 10.6. The quantitative estimate of drug-likeness (QED) is 0.534. The molecule has 1 rings (SSSR count). The fourth-order valence-electron chi connectivity index (χ4n) is 0.713. The molecule has 0 atom stereocenters. The van der Waals surface area contributed by atoms with E-state index >= 15 is 0 Å². The molecular weight excluding hydrogens is 204 g/mol. The van der Waals surface area contributed by atoms with Crippen molar-refractivity contribution in [1.82, 2.24) is 9.74 Å². The topological polar surface area (TPSA) is 72.8 Å². The smallest absolute Gasteiger partial charge is 0.337 e. The van der Waals surface area contributed by atoms with Crippen LogP contribution < -0.4 is 10.6 Å². The molecule has 0 saturated carbocycles. The van der Waals surface area contributed by atoms with Crippen LogP contribution in [0.3, 0.4) is 0 Å². The van der Waals surface area contributed by atoms with Crippen LogP contribution in [0.2, 0.25) is 0 Å². The monoisotopic (exact) mass is 216 g/mol. The van der Waals surface area contributed by atoms with Gasteiger partial charge < -0.3 is 5.84 Å². The maximum absolute atomic E-state index is 11.3. The highest BCUT2D eigenvalue weighted by Gasteiger charge is 2.06. The number of nitrogen functional groups attached to an aromatic ring is 1. The van der Waals surface area contributed by atoms with Gasteiger partial charge in [0.2, 0.25) is 4.80 Å². The van der Waals surface area contributed by atoms with Gasteiger partial charge in [-0.3, -0.25) is 4.84 Å². The number of hydrogen-bond donors (Lipinski definition) is 1. The summed E-state index contributed by atoms with van der Waals surface area (Å²) in [5.74, 6) is 5.61. The summed E-state index contributed by atoms with van der Waals surface area (Å²) in [4.78, 5) is 20.2. The Bertz CT molecular complexity index is 395. The first-order valence-electron chi connectivity index (χ1n) is 3.85. The average Bonchev–Trinajstić information content (AvgIpc) is 2.48. The number of urea groups is 1. The maximum atomic E-state index is 11.3. The predicted molar refractivity (Wildman–Crippen MR) is 52.9 cm³/mol. The second-order valence-corrected chi connectivity index (χ2v) is 3.44. The minimum atomic E-state index is -0.492. The first-order valence-corrected chi connectivity index (χ1v) is 4.73. The molecule has 0 radical (unpaired) electrons. The van der Waals surface area contributed by atoms with Gasteiger partial charge in [0.1, 0.15) is 0 Å². The Balaban J connectivity index is 2.99. The summed E-state index contributed by atoms with van der Waals surface area (Å²) in [5.41, 5.74) is 0.849. The van der Waals surface area contributed by atoms with Crippen molar-refractivity contribution in [2.24, 2.45) is 4.99 Å². The number of thiazole rings is 1. The van der Waals surface area contributed by atoms with Crippen molar-refractivity contribution in [2.75, 3.05) is 20.0 Å². The zero-order valence-electron chi connectivity index (χ0n) is 8.22. The molecule has 1 aromatic rings. The van der Waals surface area contributed by atoms with Gasteiger partial charge in [-0.25, -0.2) is 14.5 Å². The van der Waals surface area contributed by atoms with E-state index in [1.165, 1.54) is 30.2 Å². The van der Waals surface area contributed by atoms with Crippen LogP contribution in [0.15, 0.2) is 10.4 Å². The Hall–Kier alpha value is -1.34. The molecule has 0 aliphatic heterocycles. The molecule has 0 aliphatic rings. The number of carbonyl (C=O) groups is 1. The molecule has 0 aromatic carbocycles. The molecule has 0 bridgehead atoms. The van der Waals surface area contributed by atoms with E-state index in [9.17, 15) is 4.79 Å². The van der Waals surface area contributed by atoms with E-state index in [4.69, 9.17) is 5.84 Å². The Morgan fingerprint density at radius 1 is 1.79 bits per heavy atom. The van der Waals surface area contributed by atoms with Crippen molar-refractivity contribution in [3.05, 3.63) is 15.9 Å². The van der Waals surface area contributed by atoms with E-state index in [0.29, 0.717) is 4.80 Å². The van der Waals surface area contributed by atoms with Crippen LogP contribution in [0, 0.1) is 6.92 Å². The highest BCUT2D eigenvalue weighted by atomic mass is 32.1. The number of nitrogens with zero attached hydrogens (tertiary/aromatic N) is 3. The number of hydrogen-bond acceptors (Lipinski definition) is 4. The summed E-state index contributed by atoms with van der Waals surface area (Å²) in [7, 11) is 2.87. The largest absolute Gasteiger partial charge is 0.369 e. The average molecular weight is 216 g/mol. The number of aryl methyl sites for hydroxylation is 1. The van der Waals surface area contributed by atoms with Gasteiger partial charge in [-0.05, 0) is 6.92 Å². The first-order chi connectivity index (χ1) is 6.56.